The maximum Gasteiger partial charge on any atom is 0.0667 e. The van der Waals surface area contributed by atoms with E-state index < -0.39 is 0 Å². The second-order valence-electron chi connectivity index (χ2n) is 5.34. The number of piperidine rings is 3. The van der Waals surface area contributed by atoms with E-state index >= 15 is 0 Å². The number of ether oxygens (including phenoxy) is 1. The van der Waals surface area contributed by atoms with E-state index in [0.29, 0.717) is 0 Å². The van der Waals surface area contributed by atoms with Gasteiger partial charge in [-0.3, -0.25) is 0 Å². The molecule has 94 valence electrons. The van der Waals surface area contributed by atoms with Gasteiger partial charge in [0, 0.05) is 32.3 Å². The summed E-state index contributed by atoms with van der Waals surface area (Å²) >= 11 is 0. The zero-order valence-corrected chi connectivity index (χ0v) is 10.5. The third kappa shape index (κ3) is 2.25. The summed E-state index contributed by atoms with van der Waals surface area (Å²) in [5.41, 5.74) is 6.16. The van der Waals surface area contributed by atoms with Crippen molar-refractivity contribution in [2.24, 2.45) is 11.7 Å². The molecule has 3 aliphatic heterocycles. The standard InChI is InChI=1S/C12H25N3O/c1-10(16-2)7-14-12(8-13)9-15-5-3-11(12)4-6-15/h10-11,14H,3-9,13H2,1-2H3. The average molecular weight is 227 g/mol. The van der Waals surface area contributed by atoms with Crippen molar-refractivity contribution in [2.75, 3.05) is 39.8 Å². The fraction of sp³-hybridized carbons (Fsp3) is 1.00. The van der Waals surface area contributed by atoms with Gasteiger partial charge in [0.1, 0.15) is 0 Å². The molecule has 4 heteroatoms. The highest BCUT2D eigenvalue weighted by atomic mass is 16.5. The van der Waals surface area contributed by atoms with Crippen LogP contribution in [0, 0.1) is 5.92 Å². The average Bonchev–Trinajstić information content (AvgIpc) is 2.37. The van der Waals surface area contributed by atoms with Gasteiger partial charge < -0.3 is 20.7 Å². The number of hydrogen-bond donors (Lipinski definition) is 2. The first-order chi connectivity index (χ1) is 7.70. The Morgan fingerprint density at radius 1 is 1.50 bits per heavy atom. The number of nitrogens with two attached hydrogens (primary N) is 1. The van der Waals surface area contributed by atoms with Crippen LogP contribution in [-0.2, 0) is 4.74 Å². The van der Waals surface area contributed by atoms with E-state index in [0.717, 1.165) is 25.6 Å². The highest BCUT2D eigenvalue weighted by molar-refractivity contribution is 5.04. The van der Waals surface area contributed by atoms with Gasteiger partial charge in [-0.25, -0.2) is 0 Å². The number of fused-ring (bicyclic) bond motifs is 3. The lowest BCUT2D eigenvalue weighted by atomic mass is 9.72. The zero-order valence-electron chi connectivity index (χ0n) is 10.5. The Morgan fingerprint density at radius 2 is 2.19 bits per heavy atom. The van der Waals surface area contributed by atoms with Gasteiger partial charge in [-0.15, -0.1) is 0 Å². The van der Waals surface area contributed by atoms with Gasteiger partial charge in [-0.2, -0.15) is 0 Å². The van der Waals surface area contributed by atoms with E-state index in [1.807, 2.05) is 0 Å². The summed E-state index contributed by atoms with van der Waals surface area (Å²) in [4.78, 5) is 2.54. The zero-order chi connectivity index (χ0) is 11.6. The van der Waals surface area contributed by atoms with Crippen LogP contribution in [0.3, 0.4) is 0 Å². The van der Waals surface area contributed by atoms with Crippen molar-refractivity contribution < 1.29 is 4.74 Å². The minimum atomic E-state index is 0.142. The summed E-state index contributed by atoms with van der Waals surface area (Å²) < 4.78 is 5.29. The van der Waals surface area contributed by atoms with E-state index in [9.17, 15) is 0 Å². The van der Waals surface area contributed by atoms with Crippen molar-refractivity contribution >= 4 is 0 Å². The summed E-state index contributed by atoms with van der Waals surface area (Å²) in [7, 11) is 1.76. The lowest BCUT2D eigenvalue weighted by molar-refractivity contribution is 0.00176. The third-order valence-electron chi connectivity index (χ3n) is 4.38. The minimum absolute atomic E-state index is 0.142. The van der Waals surface area contributed by atoms with Crippen molar-refractivity contribution in [1.29, 1.82) is 0 Å². The van der Waals surface area contributed by atoms with Gasteiger partial charge in [0.05, 0.1) is 6.10 Å². The molecule has 4 nitrogen and oxygen atoms in total. The summed E-state index contributed by atoms with van der Waals surface area (Å²) in [6.45, 7) is 7.37. The van der Waals surface area contributed by atoms with E-state index in [2.05, 4.69) is 17.1 Å². The van der Waals surface area contributed by atoms with E-state index in [1.165, 1.54) is 25.9 Å². The molecule has 3 rings (SSSR count). The maximum atomic E-state index is 6.02. The first-order valence-electron chi connectivity index (χ1n) is 6.40. The molecule has 2 atom stereocenters. The summed E-state index contributed by atoms with van der Waals surface area (Å²) in [5.74, 6) is 0.756. The molecular formula is C12H25N3O. The second-order valence-corrected chi connectivity index (χ2v) is 5.34. The van der Waals surface area contributed by atoms with Crippen molar-refractivity contribution in [2.45, 2.75) is 31.4 Å². The molecule has 0 aromatic rings. The van der Waals surface area contributed by atoms with Crippen LogP contribution in [0.4, 0.5) is 0 Å². The number of hydrogen-bond acceptors (Lipinski definition) is 4. The van der Waals surface area contributed by atoms with Gasteiger partial charge in [0.2, 0.25) is 0 Å². The molecule has 2 unspecified atom stereocenters. The molecule has 3 fully saturated rings. The number of nitrogens with one attached hydrogen (secondary N) is 1. The molecule has 3 aliphatic rings. The quantitative estimate of drug-likeness (QED) is 0.696. The predicted octanol–water partition coefficient (Wildman–Crippen LogP) is 0.0340. The van der Waals surface area contributed by atoms with Crippen LogP contribution in [-0.4, -0.2) is 56.4 Å². The van der Waals surface area contributed by atoms with Gasteiger partial charge >= 0.3 is 0 Å². The minimum Gasteiger partial charge on any atom is -0.380 e. The first-order valence-corrected chi connectivity index (χ1v) is 6.40. The van der Waals surface area contributed by atoms with Crippen LogP contribution in [0.5, 0.6) is 0 Å². The third-order valence-corrected chi connectivity index (χ3v) is 4.38. The van der Waals surface area contributed by atoms with Crippen LogP contribution in [0.15, 0.2) is 0 Å². The van der Waals surface area contributed by atoms with Crippen LogP contribution in [0.1, 0.15) is 19.8 Å². The number of rotatable bonds is 5. The Balaban J connectivity index is 1.96. The molecule has 3 heterocycles. The molecule has 0 spiro atoms. The molecule has 0 aromatic carbocycles. The van der Waals surface area contributed by atoms with E-state index in [-0.39, 0.29) is 11.6 Å². The molecule has 0 aliphatic carbocycles. The fourth-order valence-corrected chi connectivity index (χ4v) is 3.11. The Morgan fingerprint density at radius 3 is 2.62 bits per heavy atom. The molecule has 0 saturated carbocycles. The van der Waals surface area contributed by atoms with Gasteiger partial charge in [0.25, 0.3) is 0 Å². The van der Waals surface area contributed by atoms with E-state index in [4.69, 9.17) is 10.5 Å². The maximum absolute atomic E-state index is 6.02. The lowest BCUT2D eigenvalue weighted by Crippen LogP contribution is -2.69. The van der Waals surface area contributed by atoms with Crippen LogP contribution in [0.2, 0.25) is 0 Å². The topological polar surface area (TPSA) is 50.5 Å². The fourth-order valence-electron chi connectivity index (χ4n) is 3.11. The monoisotopic (exact) mass is 227 g/mol. The summed E-state index contributed by atoms with van der Waals surface area (Å²) in [5, 5.41) is 3.68. The summed E-state index contributed by atoms with van der Waals surface area (Å²) in [6, 6.07) is 0. The molecule has 0 aromatic heterocycles. The first kappa shape index (κ1) is 12.3. The Labute approximate surface area is 98.5 Å². The number of nitrogens with zero attached hydrogens (tertiary/aromatic N) is 1. The van der Waals surface area contributed by atoms with Crippen molar-refractivity contribution in [3.05, 3.63) is 0 Å². The van der Waals surface area contributed by atoms with Gasteiger partial charge in [-0.05, 0) is 38.8 Å². The molecule has 16 heavy (non-hydrogen) atoms. The van der Waals surface area contributed by atoms with Gasteiger partial charge in [0.15, 0.2) is 0 Å². The molecule has 0 amide bonds. The molecule has 2 bridgehead atoms. The molecule has 0 radical (unpaired) electrons. The number of methoxy groups -OCH3 is 1. The predicted molar refractivity (Wildman–Crippen MR) is 65.4 cm³/mol. The van der Waals surface area contributed by atoms with Crippen molar-refractivity contribution in [1.82, 2.24) is 10.2 Å². The SMILES string of the molecule is COC(C)CNC1(CN)CN2CCC1CC2. The summed E-state index contributed by atoms with van der Waals surface area (Å²) in [6.07, 6.45) is 2.86. The molecular weight excluding hydrogens is 202 g/mol. The second kappa shape index (κ2) is 5.00. The van der Waals surface area contributed by atoms with Crippen LogP contribution < -0.4 is 11.1 Å². The van der Waals surface area contributed by atoms with Crippen molar-refractivity contribution in [3.8, 4) is 0 Å². The van der Waals surface area contributed by atoms with Crippen molar-refractivity contribution in [3.63, 3.8) is 0 Å². The Kier molecular flexibility index (Phi) is 3.85. The van der Waals surface area contributed by atoms with Gasteiger partial charge in [-0.1, -0.05) is 0 Å². The Hall–Kier alpha value is -0.160. The van der Waals surface area contributed by atoms with E-state index in [1.54, 1.807) is 7.11 Å². The Bertz CT molecular complexity index is 228. The largest absolute Gasteiger partial charge is 0.380 e. The highest BCUT2D eigenvalue weighted by Gasteiger charge is 2.45. The molecule has 3 saturated heterocycles. The highest BCUT2D eigenvalue weighted by Crippen LogP contribution is 2.34. The van der Waals surface area contributed by atoms with Crippen LogP contribution >= 0.6 is 0 Å². The lowest BCUT2D eigenvalue weighted by Gasteiger charge is -2.53. The molecule has 3 N–H and O–H groups in total. The normalized spacial score (nSPS) is 39.9. The van der Waals surface area contributed by atoms with Crippen LogP contribution in [0.25, 0.3) is 0 Å². The smallest absolute Gasteiger partial charge is 0.0667 e.